The van der Waals surface area contributed by atoms with Crippen molar-refractivity contribution in [2.45, 2.75) is 19.8 Å². The first-order valence-corrected chi connectivity index (χ1v) is 10.2. The fourth-order valence-electron chi connectivity index (χ4n) is 3.43. The lowest BCUT2D eigenvalue weighted by Gasteiger charge is -2.26. The Balaban J connectivity index is 1.38. The predicted octanol–water partition coefficient (Wildman–Crippen LogP) is 3.18. The highest BCUT2D eigenvalue weighted by Gasteiger charge is 2.18. The van der Waals surface area contributed by atoms with Gasteiger partial charge in [-0.25, -0.2) is 4.98 Å². The fourth-order valence-corrected chi connectivity index (χ4v) is 4.14. The lowest BCUT2D eigenvalue weighted by Crippen LogP contribution is -2.40. The molecular formula is C20H22N4O3S. The Labute approximate surface area is 166 Å². The first kappa shape index (κ1) is 18.6. The molecule has 8 heteroatoms. The molecule has 1 aliphatic rings. The zero-order valence-electron chi connectivity index (χ0n) is 15.7. The molecule has 146 valence electrons. The summed E-state index contributed by atoms with van der Waals surface area (Å²) in [7, 11) is 0. The van der Waals surface area contributed by atoms with Crippen LogP contribution in [-0.4, -0.2) is 53.0 Å². The number of fused-ring (bicyclic) bond motifs is 1. The number of morpholine rings is 1. The van der Waals surface area contributed by atoms with Gasteiger partial charge in [-0.15, -0.1) is 11.3 Å². The summed E-state index contributed by atoms with van der Waals surface area (Å²) in [5, 5.41) is 6.41. The van der Waals surface area contributed by atoms with Gasteiger partial charge < -0.3 is 19.9 Å². The highest BCUT2D eigenvalue weighted by atomic mass is 32.1. The molecule has 3 aromatic rings. The number of hydrogen-bond acceptors (Lipinski definition) is 5. The molecule has 0 unspecified atom stereocenters. The molecule has 0 spiro atoms. The summed E-state index contributed by atoms with van der Waals surface area (Å²) in [6.07, 6.45) is 0.350. The second kappa shape index (κ2) is 8.12. The van der Waals surface area contributed by atoms with Gasteiger partial charge in [0.25, 0.3) is 0 Å². The zero-order valence-corrected chi connectivity index (χ0v) is 16.5. The van der Waals surface area contributed by atoms with Crippen LogP contribution in [0.1, 0.15) is 18.5 Å². The van der Waals surface area contributed by atoms with Crippen molar-refractivity contribution >= 4 is 39.2 Å². The Morgan fingerprint density at radius 3 is 2.86 bits per heavy atom. The molecular weight excluding hydrogens is 376 g/mol. The molecule has 28 heavy (non-hydrogen) atoms. The molecule has 1 fully saturated rings. The standard InChI is InChI=1S/C20H22N4O3S/c1-13-19(14-4-2-3-5-15(14)21-13)16-12-28-20(22-16)23-17(25)6-7-18(26)24-8-10-27-11-9-24/h2-5,12,21H,6-11H2,1H3,(H,22,23,25). The maximum absolute atomic E-state index is 12.2. The van der Waals surface area contributed by atoms with Crippen LogP contribution in [0.2, 0.25) is 0 Å². The molecule has 4 rings (SSSR count). The fraction of sp³-hybridized carbons (Fsp3) is 0.350. The average molecular weight is 398 g/mol. The smallest absolute Gasteiger partial charge is 0.226 e. The van der Waals surface area contributed by atoms with Crippen molar-refractivity contribution in [2.24, 2.45) is 0 Å². The molecule has 0 saturated carbocycles. The minimum Gasteiger partial charge on any atom is -0.378 e. The van der Waals surface area contributed by atoms with Crippen molar-refractivity contribution in [1.82, 2.24) is 14.9 Å². The Kier molecular flexibility index (Phi) is 5.40. The molecule has 1 aromatic carbocycles. The molecule has 2 aromatic heterocycles. The van der Waals surface area contributed by atoms with Crippen LogP contribution >= 0.6 is 11.3 Å². The highest BCUT2D eigenvalue weighted by molar-refractivity contribution is 7.14. The summed E-state index contributed by atoms with van der Waals surface area (Å²) >= 11 is 1.39. The van der Waals surface area contributed by atoms with Gasteiger partial charge in [-0.2, -0.15) is 0 Å². The third kappa shape index (κ3) is 3.93. The van der Waals surface area contributed by atoms with E-state index in [1.54, 1.807) is 4.90 Å². The number of amides is 2. The molecule has 3 heterocycles. The van der Waals surface area contributed by atoms with E-state index in [4.69, 9.17) is 4.74 Å². The van der Waals surface area contributed by atoms with Crippen LogP contribution in [0.5, 0.6) is 0 Å². The van der Waals surface area contributed by atoms with Crippen LogP contribution < -0.4 is 5.32 Å². The minimum absolute atomic E-state index is 0.00676. The number of benzene rings is 1. The molecule has 1 saturated heterocycles. The molecule has 2 amide bonds. The van der Waals surface area contributed by atoms with Crippen molar-refractivity contribution in [1.29, 1.82) is 0 Å². The van der Waals surface area contributed by atoms with E-state index in [1.165, 1.54) is 11.3 Å². The third-order valence-corrected chi connectivity index (χ3v) is 5.59. The minimum atomic E-state index is -0.196. The highest BCUT2D eigenvalue weighted by Crippen LogP contribution is 2.33. The topological polar surface area (TPSA) is 87.3 Å². The molecule has 0 aliphatic carbocycles. The number of thiazole rings is 1. The van der Waals surface area contributed by atoms with Crippen molar-refractivity contribution in [3.05, 3.63) is 35.3 Å². The average Bonchev–Trinajstić information content (AvgIpc) is 3.29. The quantitative estimate of drug-likeness (QED) is 0.691. The molecule has 0 radical (unpaired) electrons. The van der Waals surface area contributed by atoms with Gasteiger partial charge in [-0.3, -0.25) is 9.59 Å². The number of nitrogens with one attached hydrogen (secondary N) is 2. The van der Waals surface area contributed by atoms with Crippen molar-refractivity contribution in [3.8, 4) is 11.3 Å². The van der Waals surface area contributed by atoms with E-state index in [0.29, 0.717) is 31.4 Å². The predicted molar refractivity (Wildman–Crippen MR) is 109 cm³/mol. The van der Waals surface area contributed by atoms with E-state index < -0.39 is 0 Å². The molecule has 2 N–H and O–H groups in total. The van der Waals surface area contributed by atoms with Gasteiger partial charge in [0.2, 0.25) is 11.8 Å². The van der Waals surface area contributed by atoms with Gasteiger partial charge in [0, 0.05) is 53.5 Å². The SMILES string of the molecule is Cc1[nH]c2ccccc2c1-c1csc(NC(=O)CCC(=O)N2CCOCC2)n1. The Morgan fingerprint density at radius 1 is 1.25 bits per heavy atom. The summed E-state index contributed by atoms with van der Waals surface area (Å²) < 4.78 is 5.24. The third-order valence-electron chi connectivity index (χ3n) is 4.83. The molecule has 7 nitrogen and oxygen atoms in total. The first-order valence-electron chi connectivity index (χ1n) is 9.30. The summed E-state index contributed by atoms with van der Waals surface area (Å²) in [6.45, 7) is 4.34. The van der Waals surface area contributed by atoms with E-state index >= 15 is 0 Å². The number of hydrogen-bond donors (Lipinski definition) is 2. The van der Waals surface area contributed by atoms with Crippen LogP contribution in [0.15, 0.2) is 29.6 Å². The van der Waals surface area contributed by atoms with Gasteiger partial charge in [-0.05, 0) is 13.0 Å². The maximum Gasteiger partial charge on any atom is 0.226 e. The zero-order chi connectivity index (χ0) is 19.5. The van der Waals surface area contributed by atoms with E-state index in [1.807, 2.05) is 30.5 Å². The number of carbonyl (C=O) groups excluding carboxylic acids is 2. The second-order valence-electron chi connectivity index (χ2n) is 6.75. The van der Waals surface area contributed by atoms with Crippen molar-refractivity contribution in [2.75, 3.05) is 31.6 Å². The summed E-state index contributed by atoms with van der Waals surface area (Å²) in [5.41, 5.74) is 3.99. The Morgan fingerprint density at radius 2 is 2.04 bits per heavy atom. The lowest BCUT2D eigenvalue weighted by molar-refractivity contribution is -0.136. The van der Waals surface area contributed by atoms with Crippen LogP contribution in [0.4, 0.5) is 5.13 Å². The van der Waals surface area contributed by atoms with Crippen molar-refractivity contribution < 1.29 is 14.3 Å². The number of H-pyrrole nitrogens is 1. The van der Waals surface area contributed by atoms with Gasteiger partial charge in [-0.1, -0.05) is 18.2 Å². The summed E-state index contributed by atoms with van der Waals surface area (Å²) in [5.74, 6) is -0.203. The van der Waals surface area contributed by atoms with Crippen LogP contribution in [0.3, 0.4) is 0 Å². The van der Waals surface area contributed by atoms with Gasteiger partial charge in [0.1, 0.15) is 0 Å². The maximum atomic E-state index is 12.2. The monoisotopic (exact) mass is 398 g/mol. The van der Waals surface area contributed by atoms with E-state index in [2.05, 4.69) is 21.4 Å². The number of ether oxygens (including phenoxy) is 1. The number of aromatic nitrogens is 2. The van der Waals surface area contributed by atoms with E-state index in [-0.39, 0.29) is 24.7 Å². The number of aromatic amines is 1. The molecule has 1 aliphatic heterocycles. The number of aryl methyl sites for hydroxylation is 1. The Bertz CT molecular complexity index is 1000. The number of carbonyl (C=O) groups is 2. The van der Waals surface area contributed by atoms with Crippen LogP contribution in [0, 0.1) is 6.92 Å². The summed E-state index contributed by atoms with van der Waals surface area (Å²) in [4.78, 5) is 34.1. The number of rotatable bonds is 5. The lowest BCUT2D eigenvalue weighted by atomic mass is 10.1. The Hall–Kier alpha value is -2.71. The van der Waals surface area contributed by atoms with E-state index in [9.17, 15) is 9.59 Å². The number of para-hydroxylation sites is 1. The van der Waals surface area contributed by atoms with Gasteiger partial charge >= 0.3 is 0 Å². The normalized spacial score (nSPS) is 14.4. The van der Waals surface area contributed by atoms with E-state index in [0.717, 1.165) is 27.9 Å². The molecule has 0 bridgehead atoms. The largest absolute Gasteiger partial charge is 0.378 e. The number of anilines is 1. The second-order valence-corrected chi connectivity index (χ2v) is 7.61. The van der Waals surface area contributed by atoms with Gasteiger partial charge in [0.05, 0.1) is 18.9 Å². The number of nitrogens with zero attached hydrogens (tertiary/aromatic N) is 2. The first-order chi connectivity index (χ1) is 13.6. The van der Waals surface area contributed by atoms with Gasteiger partial charge in [0.15, 0.2) is 5.13 Å². The van der Waals surface area contributed by atoms with Crippen LogP contribution in [-0.2, 0) is 14.3 Å². The van der Waals surface area contributed by atoms with Crippen molar-refractivity contribution in [3.63, 3.8) is 0 Å². The molecule has 0 atom stereocenters. The van der Waals surface area contributed by atoms with Crippen LogP contribution in [0.25, 0.3) is 22.2 Å². The summed E-state index contributed by atoms with van der Waals surface area (Å²) in [6, 6.07) is 8.09.